The Morgan fingerprint density at radius 2 is 1.86 bits per heavy atom. The molecule has 0 bridgehead atoms. The van der Waals surface area contributed by atoms with Crippen molar-refractivity contribution in [2.24, 2.45) is 17.1 Å². The number of carbonyl (C=O) groups is 1. The Kier molecular flexibility index (Phi) is 7.60. The standard InChI is InChI=1S/C16H30N2O2S/c1-4-8-16(9-5-2,14(17)21)15(19)18-12(3)13-6-10-20-11-7-13/h12-13H,4-11H2,1-3H3,(H2,17,21)(H,18,19). The molecule has 1 fully saturated rings. The van der Waals surface area contributed by atoms with Crippen molar-refractivity contribution in [1.29, 1.82) is 0 Å². The maximum atomic E-state index is 12.8. The van der Waals surface area contributed by atoms with Crippen molar-refractivity contribution in [1.82, 2.24) is 5.32 Å². The molecule has 1 saturated heterocycles. The molecular weight excluding hydrogens is 284 g/mol. The summed E-state index contributed by atoms with van der Waals surface area (Å²) in [5, 5.41) is 3.18. The zero-order chi connectivity index (χ0) is 15.9. The molecule has 0 aliphatic carbocycles. The summed E-state index contributed by atoms with van der Waals surface area (Å²) >= 11 is 5.24. The summed E-state index contributed by atoms with van der Waals surface area (Å²) in [5.41, 5.74) is 5.27. The van der Waals surface area contributed by atoms with Crippen LogP contribution in [0.25, 0.3) is 0 Å². The SMILES string of the molecule is CCCC(CCC)(C(=O)NC(C)C1CCOCC1)C(N)=S. The number of hydrogen-bond donors (Lipinski definition) is 2. The van der Waals surface area contributed by atoms with Gasteiger partial charge < -0.3 is 15.8 Å². The molecule has 0 radical (unpaired) electrons. The summed E-state index contributed by atoms with van der Waals surface area (Å²) in [6, 6.07) is 0.142. The number of thiocarbonyl (C=S) groups is 1. The zero-order valence-electron chi connectivity index (χ0n) is 13.6. The highest BCUT2D eigenvalue weighted by Gasteiger charge is 2.40. The fourth-order valence-electron chi connectivity index (χ4n) is 3.24. The van der Waals surface area contributed by atoms with Gasteiger partial charge in [-0.25, -0.2) is 0 Å². The van der Waals surface area contributed by atoms with Crippen LogP contribution in [0, 0.1) is 11.3 Å². The van der Waals surface area contributed by atoms with Gasteiger partial charge in [0.25, 0.3) is 0 Å². The van der Waals surface area contributed by atoms with Gasteiger partial charge in [0.2, 0.25) is 5.91 Å². The number of hydrogen-bond acceptors (Lipinski definition) is 3. The van der Waals surface area contributed by atoms with E-state index >= 15 is 0 Å². The molecule has 122 valence electrons. The minimum absolute atomic E-state index is 0.0118. The number of carbonyl (C=O) groups excluding carboxylic acids is 1. The molecule has 0 spiro atoms. The fourth-order valence-corrected chi connectivity index (χ4v) is 3.54. The van der Waals surface area contributed by atoms with Crippen molar-refractivity contribution in [3.05, 3.63) is 0 Å². The Labute approximate surface area is 134 Å². The highest BCUT2D eigenvalue weighted by molar-refractivity contribution is 7.80. The highest BCUT2D eigenvalue weighted by Crippen LogP contribution is 2.31. The molecule has 1 unspecified atom stereocenters. The maximum absolute atomic E-state index is 12.8. The molecular formula is C16H30N2O2S. The van der Waals surface area contributed by atoms with Crippen molar-refractivity contribution in [3.63, 3.8) is 0 Å². The van der Waals surface area contributed by atoms with Gasteiger partial charge in [-0.3, -0.25) is 4.79 Å². The highest BCUT2D eigenvalue weighted by atomic mass is 32.1. The monoisotopic (exact) mass is 314 g/mol. The van der Waals surface area contributed by atoms with Crippen LogP contribution >= 0.6 is 12.2 Å². The Morgan fingerprint density at radius 3 is 2.29 bits per heavy atom. The van der Waals surface area contributed by atoms with Gasteiger partial charge in [0.1, 0.15) is 0 Å². The van der Waals surface area contributed by atoms with E-state index in [4.69, 9.17) is 22.7 Å². The number of nitrogens with one attached hydrogen (secondary N) is 1. The molecule has 0 aromatic rings. The summed E-state index contributed by atoms with van der Waals surface area (Å²) in [6.45, 7) is 7.79. The first-order chi connectivity index (χ1) is 9.97. The van der Waals surface area contributed by atoms with Crippen molar-refractivity contribution in [2.75, 3.05) is 13.2 Å². The lowest BCUT2D eigenvalue weighted by Gasteiger charge is -2.35. The van der Waals surface area contributed by atoms with Crippen LogP contribution in [-0.4, -0.2) is 30.2 Å². The molecule has 1 rings (SSSR count). The summed E-state index contributed by atoms with van der Waals surface area (Å²) in [5.74, 6) is 0.493. The second kappa shape index (κ2) is 8.69. The molecule has 0 saturated carbocycles. The predicted octanol–water partition coefficient (Wildman–Crippen LogP) is 2.79. The molecule has 5 heteroatoms. The molecule has 1 aliphatic heterocycles. The van der Waals surface area contributed by atoms with Gasteiger partial charge in [0, 0.05) is 19.3 Å². The Hall–Kier alpha value is -0.680. The van der Waals surface area contributed by atoms with Crippen LogP contribution in [-0.2, 0) is 9.53 Å². The van der Waals surface area contributed by atoms with E-state index < -0.39 is 5.41 Å². The molecule has 3 N–H and O–H groups in total. The largest absolute Gasteiger partial charge is 0.392 e. The fraction of sp³-hybridized carbons (Fsp3) is 0.875. The third kappa shape index (κ3) is 4.65. The van der Waals surface area contributed by atoms with Gasteiger partial charge in [-0.15, -0.1) is 0 Å². The van der Waals surface area contributed by atoms with E-state index in [0.717, 1.165) is 51.7 Å². The van der Waals surface area contributed by atoms with Crippen LogP contribution in [0.4, 0.5) is 0 Å². The van der Waals surface area contributed by atoms with E-state index in [1.165, 1.54) is 0 Å². The first kappa shape index (κ1) is 18.4. The lowest BCUT2D eigenvalue weighted by Crippen LogP contribution is -2.52. The molecule has 0 aromatic heterocycles. The second-order valence-corrected chi connectivity index (χ2v) is 6.60. The molecule has 1 amide bonds. The van der Waals surface area contributed by atoms with Crippen LogP contribution in [0.15, 0.2) is 0 Å². The third-order valence-electron chi connectivity index (χ3n) is 4.59. The van der Waals surface area contributed by atoms with Crippen molar-refractivity contribution < 1.29 is 9.53 Å². The van der Waals surface area contributed by atoms with E-state index in [1.807, 2.05) is 0 Å². The van der Waals surface area contributed by atoms with Gasteiger partial charge >= 0.3 is 0 Å². The van der Waals surface area contributed by atoms with Gasteiger partial charge in [-0.05, 0) is 38.5 Å². The van der Waals surface area contributed by atoms with Crippen molar-refractivity contribution in [3.8, 4) is 0 Å². The van der Waals surface area contributed by atoms with E-state index in [2.05, 4.69) is 26.1 Å². The van der Waals surface area contributed by atoms with Gasteiger partial charge in [-0.2, -0.15) is 0 Å². The molecule has 1 aliphatic rings. The van der Waals surface area contributed by atoms with Crippen LogP contribution in [0.2, 0.25) is 0 Å². The van der Waals surface area contributed by atoms with Crippen LogP contribution in [0.1, 0.15) is 59.3 Å². The molecule has 1 heterocycles. The first-order valence-electron chi connectivity index (χ1n) is 8.16. The molecule has 4 nitrogen and oxygen atoms in total. The first-order valence-corrected chi connectivity index (χ1v) is 8.57. The average molecular weight is 314 g/mol. The zero-order valence-corrected chi connectivity index (χ0v) is 14.4. The minimum atomic E-state index is -0.682. The van der Waals surface area contributed by atoms with Crippen molar-refractivity contribution in [2.45, 2.75) is 65.3 Å². The Bertz CT molecular complexity index is 348. The van der Waals surface area contributed by atoms with Gasteiger partial charge in [-0.1, -0.05) is 38.9 Å². The minimum Gasteiger partial charge on any atom is -0.392 e. The van der Waals surface area contributed by atoms with Crippen LogP contribution in [0.5, 0.6) is 0 Å². The molecule has 21 heavy (non-hydrogen) atoms. The number of rotatable bonds is 8. The van der Waals surface area contributed by atoms with Gasteiger partial charge in [0.05, 0.1) is 10.4 Å². The van der Waals surface area contributed by atoms with Gasteiger partial charge in [0.15, 0.2) is 0 Å². The number of amides is 1. The number of ether oxygens (including phenoxy) is 1. The lowest BCUT2D eigenvalue weighted by atomic mass is 9.77. The summed E-state index contributed by atoms with van der Waals surface area (Å²) < 4.78 is 5.38. The third-order valence-corrected chi connectivity index (χ3v) is 4.98. The quantitative estimate of drug-likeness (QED) is 0.676. The summed E-state index contributed by atoms with van der Waals surface area (Å²) in [6.07, 6.45) is 5.25. The van der Waals surface area contributed by atoms with Crippen molar-refractivity contribution >= 4 is 23.1 Å². The second-order valence-electron chi connectivity index (χ2n) is 6.16. The van der Waals surface area contributed by atoms with Crippen LogP contribution in [0.3, 0.4) is 0 Å². The van der Waals surface area contributed by atoms with E-state index in [9.17, 15) is 4.79 Å². The average Bonchev–Trinajstić information content (AvgIpc) is 2.47. The number of nitrogens with two attached hydrogens (primary N) is 1. The molecule has 0 aromatic carbocycles. The predicted molar refractivity (Wildman–Crippen MR) is 90.2 cm³/mol. The summed E-state index contributed by atoms with van der Waals surface area (Å²) in [4.78, 5) is 13.2. The Balaban J connectivity index is 2.77. The summed E-state index contributed by atoms with van der Waals surface area (Å²) in [7, 11) is 0. The topological polar surface area (TPSA) is 64.3 Å². The smallest absolute Gasteiger partial charge is 0.233 e. The normalized spacial score (nSPS) is 18.2. The van der Waals surface area contributed by atoms with E-state index in [-0.39, 0.29) is 11.9 Å². The van der Waals surface area contributed by atoms with E-state index in [0.29, 0.717) is 10.9 Å². The lowest BCUT2D eigenvalue weighted by molar-refractivity contribution is -0.129. The van der Waals surface area contributed by atoms with E-state index in [1.54, 1.807) is 0 Å². The maximum Gasteiger partial charge on any atom is 0.233 e. The van der Waals surface area contributed by atoms with Crippen LogP contribution < -0.4 is 11.1 Å². The molecule has 1 atom stereocenters. The Morgan fingerprint density at radius 1 is 1.33 bits per heavy atom.